The van der Waals surface area contributed by atoms with E-state index >= 15 is 0 Å². The summed E-state index contributed by atoms with van der Waals surface area (Å²) in [7, 11) is 0. The largest absolute Gasteiger partial charge is 0.460 e. The molecule has 0 radical (unpaired) electrons. The zero-order valence-corrected chi connectivity index (χ0v) is 36.8. The number of para-hydroxylation sites is 4. The second-order valence-electron chi connectivity index (χ2n) is 18.0. The molecule has 12 aromatic rings. The molecule has 0 amide bonds. The summed E-state index contributed by atoms with van der Waals surface area (Å²) >= 11 is 0. The van der Waals surface area contributed by atoms with E-state index < -0.39 is 6.04 Å². The summed E-state index contributed by atoms with van der Waals surface area (Å²) in [6.45, 7) is 6.62. The monoisotopic (exact) mass is 856 g/mol. The standard InChI is InChI=1S/C61H47N4O/c1-61(2,3)48-38-46(43-17-6-4-7-18-43)37-47(39-48)51-24-15-23-50(44-19-8-5-9-20-44)58(51)64-40-63(55-26-12-13-27-56(55)64)49-21-14-16-41(35-49)34-42-28-29-53-52-22-10-11-25-54(52)65(57(53)36-42)60-59-45(30-32-62-60)31-33-66-59/h4-33,35-40H,34H2,1-3H3/q+1/i5D,8D,9D,19D,20D. The maximum Gasteiger partial charge on any atom is 0.255 e. The molecule has 0 N–H and O–H groups in total. The molecule has 0 unspecified atom stereocenters. The number of aromatic nitrogens is 4. The maximum absolute atomic E-state index is 9.25. The number of nitrogens with zero attached hydrogens (tertiary/aromatic N) is 4. The Hall–Kier alpha value is -8.28. The normalized spacial score (nSPS) is 13.0. The molecule has 316 valence electrons. The quantitative estimate of drug-likeness (QED) is 0.143. The summed E-state index contributed by atoms with van der Waals surface area (Å²) in [5.41, 5.74) is 14.1. The van der Waals surface area contributed by atoms with E-state index in [2.05, 4.69) is 156 Å². The van der Waals surface area contributed by atoms with Gasteiger partial charge < -0.3 is 4.42 Å². The van der Waals surface area contributed by atoms with Crippen LogP contribution in [0.4, 0.5) is 0 Å². The Morgan fingerprint density at radius 3 is 2.17 bits per heavy atom. The first-order valence-corrected chi connectivity index (χ1v) is 22.3. The molecule has 0 bridgehead atoms. The first-order valence-electron chi connectivity index (χ1n) is 24.8. The van der Waals surface area contributed by atoms with Crippen LogP contribution in [-0.4, -0.2) is 14.1 Å². The maximum atomic E-state index is 9.25. The average Bonchev–Trinajstić information content (AvgIpc) is 4.12. The lowest BCUT2D eigenvalue weighted by atomic mass is 9.82. The molecule has 0 atom stereocenters. The third-order valence-corrected chi connectivity index (χ3v) is 12.8. The van der Waals surface area contributed by atoms with E-state index in [0.29, 0.717) is 17.7 Å². The number of imidazole rings is 1. The van der Waals surface area contributed by atoms with Crippen molar-refractivity contribution in [1.82, 2.24) is 14.1 Å². The van der Waals surface area contributed by atoms with Gasteiger partial charge in [-0.05, 0) is 105 Å². The summed E-state index contributed by atoms with van der Waals surface area (Å²) in [5.74, 6) is 0.750. The lowest BCUT2D eigenvalue weighted by Gasteiger charge is -2.22. The highest BCUT2D eigenvalue weighted by Crippen LogP contribution is 2.39. The molecule has 0 fully saturated rings. The minimum Gasteiger partial charge on any atom is -0.460 e. The molecular formula is C61H47N4O+. The Kier molecular flexibility index (Phi) is 8.16. The Labute approximate surface area is 391 Å². The zero-order chi connectivity index (χ0) is 48.7. The lowest BCUT2D eigenvalue weighted by molar-refractivity contribution is -0.566. The molecule has 0 aliphatic heterocycles. The average molecular weight is 857 g/mol. The number of hydrogen-bond acceptors (Lipinski definition) is 2. The van der Waals surface area contributed by atoms with Crippen LogP contribution in [-0.2, 0) is 11.8 Å². The van der Waals surface area contributed by atoms with Crippen molar-refractivity contribution in [3.63, 3.8) is 0 Å². The van der Waals surface area contributed by atoms with Gasteiger partial charge in [0.2, 0.25) is 0 Å². The van der Waals surface area contributed by atoms with E-state index in [0.717, 1.165) is 94.3 Å². The second kappa shape index (κ2) is 15.8. The van der Waals surface area contributed by atoms with Crippen LogP contribution in [0.3, 0.4) is 0 Å². The fraction of sp³-hybridized carbons (Fsp3) is 0.0820. The van der Waals surface area contributed by atoms with Crippen LogP contribution in [0.5, 0.6) is 0 Å². The van der Waals surface area contributed by atoms with Crippen molar-refractivity contribution < 1.29 is 15.8 Å². The van der Waals surface area contributed by atoms with E-state index in [4.69, 9.17) is 13.5 Å². The summed E-state index contributed by atoms with van der Waals surface area (Å²) in [5, 5.41) is 3.27. The molecule has 8 aromatic carbocycles. The lowest BCUT2D eigenvalue weighted by Crippen LogP contribution is -2.31. The van der Waals surface area contributed by atoms with Crippen molar-refractivity contribution >= 4 is 43.8 Å². The van der Waals surface area contributed by atoms with Crippen LogP contribution in [0, 0.1) is 0 Å². The van der Waals surface area contributed by atoms with Gasteiger partial charge in [0.1, 0.15) is 11.4 Å². The number of furan rings is 1. The van der Waals surface area contributed by atoms with Gasteiger partial charge in [0, 0.05) is 33.5 Å². The van der Waals surface area contributed by atoms with Gasteiger partial charge in [0.25, 0.3) is 6.33 Å². The highest BCUT2D eigenvalue weighted by molar-refractivity contribution is 6.10. The highest BCUT2D eigenvalue weighted by Gasteiger charge is 2.26. The van der Waals surface area contributed by atoms with E-state index in [9.17, 15) is 2.74 Å². The summed E-state index contributed by atoms with van der Waals surface area (Å²) in [4.78, 5) is 4.85. The Morgan fingerprint density at radius 2 is 1.32 bits per heavy atom. The molecule has 0 saturated carbocycles. The third kappa shape index (κ3) is 6.79. The van der Waals surface area contributed by atoms with E-state index in [1.54, 1.807) is 6.26 Å². The van der Waals surface area contributed by atoms with E-state index in [1.807, 2.05) is 60.8 Å². The van der Waals surface area contributed by atoms with Crippen LogP contribution in [0.2, 0.25) is 0 Å². The van der Waals surface area contributed by atoms with Crippen molar-refractivity contribution in [3.8, 4) is 50.6 Å². The van der Waals surface area contributed by atoms with Crippen LogP contribution >= 0.6 is 0 Å². The molecule has 4 heterocycles. The Balaban J connectivity index is 1.03. The van der Waals surface area contributed by atoms with Crippen LogP contribution in [0.25, 0.3) is 94.4 Å². The topological polar surface area (TPSA) is 39.8 Å². The number of hydrogen-bond donors (Lipinski definition) is 0. The number of fused-ring (bicyclic) bond motifs is 5. The van der Waals surface area contributed by atoms with Crippen LogP contribution in [0.15, 0.2) is 223 Å². The van der Waals surface area contributed by atoms with E-state index in [1.165, 1.54) is 0 Å². The molecular weight excluding hydrogens is 805 g/mol. The number of rotatable bonds is 8. The van der Waals surface area contributed by atoms with Gasteiger partial charge in [-0.1, -0.05) is 166 Å². The highest BCUT2D eigenvalue weighted by atomic mass is 16.3. The van der Waals surface area contributed by atoms with Crippen LogP contribution < -0.4 is 4.57 Å². The minimum absolute atomic E-state index is 0.141. The molecule has 66 heavy (non-hydrogen) atoms. The molecule has 0 aliphatic rings. The molecule has 0 spiro atoms. The minimum atomic E-state index is -0.429. The molecule has 0 aliphatic carbocycles. The van der Waals surface area contributed by atoms with Crippen molar-refractivity contribution in [2.24, 2.45) is 0 Å². The fourth-order valence-corrected chi connectivity index (χ4v) is 9.58. The number of pyridine rings is 1. The molecule has 5 heteroatoms. The molecule has 0 saturated heterocycles. The van der Waals surface area contributed by atoms with Gasteiger partial charge >= 0.3 is 0 Å². The molecule has 4 aromatic heterocycles. The molecule has 12 rings (SSSR count). The van der Waals surface area contributed by atoms with Crippen molar-refractivity contribution in [3.05, 3.63) is 236 Å². The van der Waals surface area contributed by atoms with Gasteiger partial charge in [-0.2, -0.15) is 9.13 Å². The first-order chi connectivity index (χ1) is 34.4. The molecule has 5 nitrogen and oxygen atoms in total. The van der Waals surface area contributed by atoms with Crippen molar-refractivity contribution in [2.75, 3.05) is 0 Å². The van der Waals surface area contributed by atoms with Gasteiger partial charge in [0.05, 0.1) is 24.2 Å². The number of benzene rings is 8. The summed E-state index contributed by atoms with van der Waals surface area (Å²) < 4.78 is 57.0. The van der Waals surface area contributed by atoms with Crippen molar-refractivity contribution in [2.45, 2.75) is 32.6 Å². The van der Waals surface area contributed by atoms with Gasteiger partial charge in [-0.25, -0.2) is 4.98 Å². The predicted octanol–water partition coefficient (Wildman–Crippen LogP) is 15.0. The fourth-order valence-electron chi connectivity index (χ4n) is 9.58. The van der Waals surface area contributed by atoms with Gasteiger partial charge in [-0.15, -0.1) is 0 Å². The SMILES string of the molecule is [2H]c1c([2H])c([2H])c(-c2cccc(-c3cc(-c4ccccc4)cc(C(C)(C)C)c3)c2-[n+]2cn(-c3cccc(Cc4ccc5c6ccccc6n(-c6nccc7ccoc67)c5c4)c3)c3ccccc32)c([2H])c1[2H]. The zero-order valence-electron chi connectivity index (χ0n) is 41.8. The van der Waals surface area contributed by atoms with Crippen molar-refractivity contribution in [1.29, 1.82) is 0 Å². The predicted molar refractivity (Wildman–Crippen MR) is 271 cm³/mol. The Morgan fingerprint density at radius 1 is 0.591 bits per heavy atom. The first kappa shape index (κ1) is 34.2. The summed E-state index contributed by atoms with van der Waals surface area (Å²) in [6, 6.07) is 57.0. The van der Waals surface area contributed by atoms with E-state index in [-0.39, 0.29) is 35.1 Å². The van der Waals surface area contributed by atoms with Gasteiger partial charge in [0.15, 0.2) is 22.4 Å². The third-order valence-electron chi connectivity index (χ3n) is 12.8. The smallest absolute Gasteiger partial charge is 0.255 e. The summed E-state index contributed by atoms with van der Waals surface area (Å²) in [6.07, 6.45) is 6.28. The Bertz CT molecular complexity index is 4060. The van der Waals surface area contributed by atoms with Gasteiger partial charge in [-0.3, -0.25) is 4.57 Å². The second-order valence-corrected chi connectivity index (χ2v) is 18.0. The van der Waals surface area contributed by atoms with Crippen LogP contribution in [0.1, 0.15) is 44.3 Å².